The van der Waals surface area contributed by atoms with E-state index in [1.165, 1.54) is 0 Å². The average Bonchev–Trinajstić information content (AvgIpc) is 2.38. The van der Waals surface area contributed by atoms with Gasteiger partial charge in [0.15, 0.2) is 0 Å². The Bertz CT molecular complexity index is 391. The Labute approximate surface area is 112 Å². The molecule has 8 nitrogen and oxygen atoms in total. The highest BCUT2D eigenvalue weighted by atomic mass is 16.5. The molecule has 0 bridgehead atoms. The van der Waals surface area contributed by atoms with Crippen molar-refractivity contribution in [2.45, 2.75) is 13.0 Å². The molecule has 0 aliphatic rings. The summed E-state index contributed by atoms with van der Waals surface area (Å²) in [7, 11) is 5.04. The lowest BCUT2D eigenvalue weighted by atomic mass is 10.3. The maximum absolute atomic E-state index is 9.70. The van der Waals surface area contributed by atoms with Gasteiger partial charge in [-0.05, 0) is 6.92 Å². The van der Waals surface area contributed by atoms with Gasteiger partial charge in [-0.1, -0.05) is 0 Å². The van der Waals surface area contributed by atoms with Gasteiger partial charge in [-0.2, -0.15) is 15.0 Å². The van der Waals surface area contributed by atoms with Gasteiger partial charge in [0.25, 0.3) is 0 Å². The van der Waals surface area contributed by atoms with Crippen molar-refractivity contribution in [3.05, 3.63) is 0 Å². The van der Waals surface area contributed by atoms with Crippen molar-refractivity contribution in [2.75, 3.05) is 51.2 Å². The van der Waals surface area contributed by atoms with Crippen molar-refractivity contribution in [1.29, 1.82) is 0 Å². The second-order valence-corrected chi connectivity index (χ2v) is 3.91. The molecule has 0 saturated heterocycles. The second kappa shape index (κ2) is 7.70. The van der Waals surface area contributed by atoms with Crippen LogP contribution in [0.15, 0.2) is 0 Å². The van der Waals surface area contributed by atoms with Crippen molar-refractivity contribution in [3.8, 4) is 6.01 Å². The van der Waals surface area contributed by atoms with E-state index >= 15 is 0 Å². The molecule has 1 rings (SSSR count). The van der Waals surface area contributed by atoms with Gasteiger partial charge in [0.2, 0.25) is 11.9 Å². The van der Waals surface area contributed by atoms with Gasteiger partial charge in [-0.25, -0.2) is 0 Å². The normalized spacial score (nSPS) is 12.1. The molecule has 1 aromatic rings. The Morgan fingerprint density at radius 3 is 2.68 bits per heavy atom. The molecule has 19 heavy (non-hydrogen) atoms. The summed E-state index contributed by atoms with van der Waals surface area (Å²) in [5.41, 5.74) is 0. The number of aliphatic hydroxyl groups is 1. The van der Waals surface area contributed by atoms with E-state index in [1.54, 1.807) is 26.1 Å². The van der Waals surface area contributed by atoms with Crippen LogP contribution in [0.5, 0.6) is 6.01 Å². The third-order valence-corrected chi connectivity index (χ3v) is 2.29. The summed E-state index contributed by atoms with van der Waals surface area (Å²) in [5, 5.41) is 12.5. The minimum absolute atomic E-state index is 0.255. The Balaban J connectivity index is 2.82. The highest BCUT2D eigenvalue weighted by Gasteiger charge is 2.14. The third-order valence-electron chi connectivity index (χ3n) is 2.29. The standard InChI is InChI=1S/C11H21N5O3/c1-5-19-11-14-9(12-2)13-10(15-11)16(3)6-8(17)7-18-4/h8,17H,5-7H2,1-4H3,(H,12,13,14,15). The maximum Gasteiger partial charge on any atom is 0.323 e. The lowest BCUT2D eigenvalue weighted by Gasteiger charge is -2.20. The number of nitrogens with zero attached hydrogens (tertiary/aromatic N) is 4. The number of aromatic nitrogens is 3. The van der Waals surface area contributed by atoms with E-state index < -0.39 is 6.10 Å². The second-order valence-electron chi connectivity index (χ2n) is 3.91. The molecule has 8 heteroatoms. The van der Waals surface area contributed by atoms with E-state index in [1.807, 2.05) is 6.92 Å². The molecular formula is C11H21N5O3. The molecule has 0 amide bonds. The molecule has 0 fully saturated rings. The Hall–Kier alpha value is -1.67. The fraction of sp³-hybridized carbons (Fsp3) is 0.727. The molecule has 1 heterocycles. The third kappa shape index (κ3) is 4.84. The number of ether oxygens (including phenoxy) is 2. The highest BCUT2D eigenvalue weighted by Crippen LogP contribution is 2.14. The summed E-state index contributed by atoms with van der Waals surface area (Å²) in [6.07, 6.45) is -0.611. The quantitative estimate of drug-likeness (QED) is 0.669. The summed E-state index contributed by atoms with van der Waals surface area (Å²) < 4.78 is 10.2. The highest BCUT2D eigenvalue weighted by molar-refractivity contribution is 5.37. The van der Waals surface area contributed by atoms with Crippen LogP contribution in [0.3, 0.4) is 0 Å². The van der Waals surface area contributed by atoms with E-state index in [9.17, 15) is 5.11 Å². The van der Waals surface area contributed by atoms with Crippen LogP contribution >= 0.6 is 0 Å². The molecular weight excluding hydrogens is 250 g/mol. The number of aliphatic hydroxyl groups excluding tert-OH is 1. The molecule has 0 aliphatic heterocycles. The predicted octanol–water partition coefficient (Wildman–Crippen LogP) is -0.244. The Morgan fingerprint density at radius 2 is 2.11 bits per heavy atom. The van der Waals surface area contributed by atoms with E-state index in [2.05, 4.69) is 20.3 Å². The zero-order valence-corrected chi connectivity index (χ0v) is 11.8. The first-order valence-electron chi connectivity index (χ1n) is 6.05. The van der Waals surface area contributed by atoms with Crippen molar-refractivity contribution >= 4 is 11.9 Å². The van der Waals surface area contributed by atoms with Crippen LogP contribution in [0.25, 0.3) is 0 Å². The fourth-order valence-electron chi connectivity index (χ4n) is 1.46. The van der Waals surface area contributed by atoms with Crippen LogP contribution in [-0.4, -0.2) is 67.1 Å². The number of hydrogen-bond donors (Lipinski definition) is 2. The summed E-state index contributed by atoms with van der Waals surface area (Å²) in [5.74, 6) is 0.847. The first kappa shape index (κ1) is 15.4. The Kier molecular flexibility index (Phi) is 6.23. The fourth-order valence-corrected chi connectivity index (χ4v) is 1.46. The molecule has 0 aromatic carbocycles. The topological polar surface area (TPSA) is 92.6 Å². The van der Waals surface area contributed by atoms with Gasteiger partial charge in [-0.15, -0.1) is 0 Å². The summed E-state index contributed by atoms with van der Waals surface area (Å²) in [6, 6.07) is 0.255. The smallest absolute Gasteiger partial charge is 0.323 e. The van der Waals surface area contributed by atoms with Crippen LogP contribution in [-0.2, 0) is 4.74 Å². The number of anilines is 2. The molecule has 0 radical (unpaired) electrons. The van der Waals surface area contributed by atoms with Crippen LogP contribution in [0, 0.1) is 0 Å². The zero-order valence-electron chi connectivity index (χ0n) is 11.8. The van der Waals surface area contributed by atoms with Gasteiger partial charge in [-0.3, -0.25) is 0 Å². The number of rotatable bonds is 8. The van der Waals surface area contributed by atoms with Crippen LogP contribution in [0.2, 0.25) is 0 Å². The molecule has 1 unspecified atom stereocenters. The van der Waals surface area contributed by atoms with Crippen molar-refractivity contribution < 1.29 is 14.6 Å². The van der Waals surface area contributed by atoms with E-state index in [-0.39, 0.29) is 12.6 Å². The van der Waals surface area contributed by atoms with Gasteiger partial charge < -0.3 is 24.8 Å². The first-order valence-corrected chi connectivity index (χ1v) is 6.05. The van der Waals surface area contributed by atoms with Crippen molar-refractivity contribution in [2.24, 2.45) is 0 Å². The van der Waals surface area contributed by atoms with E-state index in [4.69, 9.17) is 9.47 Å². The van der Waals surface area contributed by atoms with Gasteiger partial charge in [0, 0.05) is 27.7 Å². The van der Waals surface area contributed by atoms with Crippen molar-refractivity contribution in [3.63, 3.8) is 0 Å². The number of hydrogen-bond acceptors (Lipinski definition) is 8. The minimum Gasteiger partial charge on any atom is -0.464 e. The summed E-state index contributed by atoms with van der Waals surface area (Å²) in [4.78, 5) is 14.2. The van der Waals surface area contributed by atoms with E-state index in [0.29, 0.717) is 25.0 Å². The van der Waals surface area contributed by atoms with Crippen molar-refractivity contribution in [1.82, 2.24) is 15.0 Å². The first-order chi connectivity index (χ1) is 9.10. The van der Waals surface area contributed by atoms with E-state index in [0.717, 1.165) is 0 Å². The molecule has 0 spiro atoms. The molecule has 0 saturated carbocycles. The summed E-state index contributed by atoms with van der Waals surface area (Å²) >= 11 is 0. The predicted molar refractivity (Wildman–Crippen MR) is 71.7 cm³/mol. The molecule has 108 valence electrons. The van der Waals surface area contributed by atoms with Gasteiger partial charge >= 0.3 is 6.01 Å². The minimum atomic E-state index is -0.611. The monoisotopic (exact) mass is 271 g/mol. The number of nitrogens with one attached hydrogen (secondary N) is 1. The average molecular weight is 271 g/mol. The Morgan fingerprint density at radius 1 is 1.37 bits per heavy atom. The largest absolute Gasteiger partial charge is 0.464 e. The van der Waals surface area contributed by atoms with Gasteiger partial charge in [0.05, 0.1) is 19.3 Å². The molecule has 1 atom stereocenters. The van der Waals surface area contributed by atoms with Gasteiger partial charge in [0.1, 0.15) is 0 Å². The summed E-state index contributed by atoms with van der Waals surface area (Å²) in [6.45, 7) is 2.94. The lowest BCUT2D eigenvalue weighted by molar-refractivity contribution is 0.0693. The SMILES string of the molecule is CCOc1nc(NC)nc(N(C)CC(O)COC)n1. The lowest BCUT2D eigenvalue weighted by Crippen LogP contribution is -2.33. The molecule has 2 N–H and O–H groups in total. The zero-order chi connectivity index (χ0) is 14.3. The van der Waals surface area contributed by atoms with Crippen LogP contribution in [0.4, 0.5) is 11.9 Å². The number of methoxy groups -OCH3 is 1. The van der Waals surface area contributed by atoms with Crippen LogP contribution < -0.4 is 15.0 Å². The van der Waals surface area contributed by atoms with Crippen LogP contribution in [0.1, 0.15) is 6.92 Å². The molecule has 1 aromatic heterocycles. The maximum atomic E-state index is 9.70. The molecule has 0 aliphatic carbocycles. The number of likely N-dealkylation sites (N-methyl/N-ethyl adjacent to an activating group) is 1.